The summed E-state index contributed by atoms with van der Waals surface area (Å²) in [5.41, 5.74) is 3.47. The summed E-state index contributed by atoms with van der Waals surface area (Å²) >= 11 is 0. The highest BCUT2D eigenvalue weighted by molar-refractivity contribution is 5.94. The summed E-state index contributed by atoms with van der Waals surface area (Å²) in [5, 5.41) is 0. The van der Waals surface area contributed by atoms with Crippen LogP contribution in [0, 0.1) is 6.92 Å². The predicted octanol–water partition coefficient (Wildman–Crippen LogP) is 1.20. The van der Waals surface area contributed by atoms with Crippen molar-refractivity contribution in [2.75, 3.05) is 0 Å². The van der Waals surface area contributed by atoms with E-state index in [4.69, 9.17) is 0 Å². The highest BCUT2D eigenvalue weighted by Gasteiger charge is 2.05. The second kappa shape index (κ2) is 4.41. The van der Waals surface area contributed by atoms with Crippen LogP contribution in [-0.4, -0.2) is 11.9 Å². The standard InChI is InChI=1S/C10H11NO3/c1-7-4-3-5-9(6-7)10(13)11-14-8(2)12/h3-6H,1-2H3,(H,11,13). The first-order valence-corrected chi connectivity index (χ1v) is 4.14. The molecule has 1 N–H and O–H groups in total. The lowest BCUT2D eigenvalue weighted by Gasteiger charge is -2.03. The van der Waals surface area contributed by atoms with Crippen molar-refractivity contribution in [3.8, 4) is 0 Å². The van der Waals surface area contributed by atoms with E-state index >= 15 is 0 Å². The number of carbonyl (C=O) groups is 2. The number of hydrogen-bond donors (Lipinski definition) is 1. The third kappa shape index (κ3) is 2.90. The Labute approximate surface area is 81.8 Å². The van der Waals surface area contributed by atoms with Crippen LogP contribution < -0.4 is 5.48 Å². The molecule has 1 aromatic carbocycles. The predicted molar refractivity (Wildman–Crippen MR) is 50.4 cm³/mol. The topological polar surface area (TPSA) is 55.4 Å². The van der Waals surface area contributed by atoms with Crippen LogP contribution in [-0.2, 0) is 9.63 Å². The summed E-state index contributed by atoms with van der Waals surface area (Å²) in [5.74, 6) is -0.977. The van der Waals surface area contributed by atoms with Gasteiger partial charge in [0.2, 0.25) is 0 Å². The molecule has 14 heavy (non-hydrogen) atoms. The Morgan fingerprint density at radius 2 is 2.07 bits per heavy atom. The Hall–Kier alpha value is -1.84. The Morgan fingerprint density at radius 1 is 1.36 bits per heavy atom. The molecule has 0 heterocycles. The molecule has 0 atom stereocenters. The van der Waals surface area contributed by atoms with Crippen LogP contribution in [0.15, 0.2) is 24.3 Å². The van der Waals surface area contributed by atoms with E-state index in [0.717, 1.165) is 5.56 Å². The van der Waals surface area contributed by atoms with E-state index in [1.54, 1.807) is 18.2 Å². The minimum Gasteiger partial charge on any atom is -0.341 e. The normalized spacial score (nSPS) is 9.29. The molecular weight excluding hydrogens is 182 g/mol. The molecule has 0 bridgehead atoms. The van der Waals surface area contributed by atoms with Crippen LogP contribution in [0.1, 0.15) is 22.8 Å². The quantitative estimate of drug-likeness (QED) is 0.682. The highest BCUT2D eigenvalue weighted by Crippen LogP contribution is 2.03. The third-order valence-corrected chi connectivity index (χ3v) is 1.57. The average molecular weight is 193 g/mol. The first kappa shape index (κ1) is 10.2. The molecule has 0 aliphatic rings. The molecule has 1 amide bonds. The van der Waals surface area contributed by atoms with E-state index in [0.29, 0.717) is 5.56 Å². The van der Waals surface area contributed by atoms with Gasteiger partial charge in [-0.25, -0.2) is 0 Å². The second-order valence-corrected chi connectivity index (χ2v) is 2.89. The molecule has 0 saturated heterocycles. The summed E-state index contributed by atoms with van der Waals surface area (Å²) < 4.78 is 0. The molecule has 0 aliphatic heterocycles. The van der Waals surface area contributed by atoms with Gasteiger partial charge in [0.1, 0.15) is 0 Å². The van der Waals surface area contributed by atoms with E-state index in [1.807, 2.05) is 18.5 Å². The fourth-order valence-corrected chi connectivity index (χ4v) is 0.963. The molecular formula is C10H11NO3. The molecule has 0 spiro atoms. The van der Waals surface area contributed by atoms with E-state index in [9.17, 15) is 9.59 Å². The van der Waals surface area contributed by atoms with Gasteiger partial charge in [-0.3, -0.25) is 9.59 Å². The lowest BCUT2D eigenvalue weighted by molar-refractivity contribution is -0.146. The summed E-state index contributed by atoms with van der Waals surface area (Å²) in [6, 6.07) is 6.99. The molecule has 0 unspecified atom stereocenters. The number of nitrogens with one attached hydrogen (secondary N) is 1. The maximum atomic E-state index is 11.3. The van der Waals surface area contributed by atoms with E-state index in [2.05, 4.69) is 4.84 Å². The fraction of sp³-hybridized carbons (Fsp3) is 0.200. The minimum atomic E-state index is -0.550. The second-order valence-electron chi connectivity index (χ2n) is 2.89. The lowest BCUT2D eigenvalue weighted by Crippen LogP contribution is -2.25. The smallest absolute Gasteiger partial charge is 0.329 e. The number of rotatable bonds is 1. The number of amides is 1. The van der Waals surface area contributed by atoms with Crippen LogP contribution in [0.3, 0.4) is 0 Å². The Bertz CT molecular complexity index is 360. The van der Waals surface area contributed by atoms with Crippen molar-refractivity contribution < 1.29 is 14.4 Å². The molecule has 0 aliphatic carbocycles. The van der Waals surface area contributed by atoms with Gasteiger partial charge in [0.05, 0.1) is 0 Å². The van der Waals surface area contributed by atoms with Crippen molar-refractivity contribution in [3.05, 3.63) is 35.4 Å². The van der Waals surface area contributed by atoms with E-state index in [1.165, 1.54) is 6.92 Å². The number of hydroxylamine groups is 1. The average Bonchev–Trinajstić information content (AvgIpc) is 2.14. The van der Waals surface area contributed by atoms with Gasteiger partial charge >= 0.3 is 5.97 Å². The van der Waals surface area contributed by atoms with Crippen LogP contribution in [0.2, 0.25) is 0 Å². The number of benzene rings is 1. The van der Waals surface area contributed by atoms with Crippen LogP contribution >= 0.6 is 0 Å². The Kier molecular flexibility index (Phi) is 3.23. The molecule has 74 valence electrons. The SMILES string of the molecule is CC(=O)ONC(=O)c1cccc(C)c1. The molecule has 1 aromatic rings. The lowest BCUT2D eigenvalue weighted by atomic mass is 10.1. The van der Waals surface area contributed by atoms with Crippen molar-refractivity contribution in [1.29, 1.82) is 0 Å². The molecule has 0 aromatic heterocycles. The van der Waals surface area contributed by atoms with Gasteiger partial charge in [-0.15, -0.1) is 0 Å². The zero-order valence-electron chi connectivity index (χ0n) is 8.03. The zero-order chi connectivity index (χ0) is 10.6. The maximum Gasteiger partial charge on any atom is 0.329 e. The van der Waals surface area contributed by atoms with Crippen LogP contribution in [0.5, 0.6) is 0 Å². The Balaban J connectivity index is 2.65. The number of hydrogen-bond acceptors (Lipinski definition) is 3. The maximum absolute atomic E-state index is 11.3. The summed E-state index contributed by atoms with van der Waals surface area (Å²) in [6.45, 7) is 3.10. The van der Waals surface area contributed by atoms with Gasteiger partial charge in [0.25, 0.3) is 5.91 Å². The van der Waals surface area contributed by atoms with Crippen molar-refractivity contribution in [1.82, 2.24) is 5.48 Å². The number of carbonyl (C=O) groups excluding carboxylic acids is 2. The largest absolute Gasteiger partial charge is 0.341 e. The summed E-state index contributed by atoms with van der Waals surface area (Å²) in [4.78, 5) is 26.1. The van der Waals surface area contributed by atoms with Gasteiger partial charge in [-0.1, -0.05) is 17.7 Å². The Morgan fingerprint density at radius 3 is 2.64 bits per heavy atom. The van der Waals surface area contributed by atoms with Gasteiger partial charge in [-0.2, -0.15) is 5.48 Å². The molecule has 0 fully saturated rings. The van der Waals surface area contributed by atoms with Crippen molar-refractivity contribution in [2.24, 2.45) is 0 Å². The van der Waals surface area contributed by atoms with Crippen molar-refractivity contribution in [2.45, 2.75) is 13.8 Å². The number of aryl methyl sites for hydroxylation is 1. The summed E-state index contributed by atoms with van der Waals surface area (Å²) in [7, 11) is 0. The molecule has 0 saturated carbocycles. The molecule has 4 heteroatoms. The third-order valence-electron chi connectivity index (χ3n) is 1.57. The van der Waals surface area contributed by atoms with Crippen molar-refractivity contribution in [3.63, 3.8) is 0 Å². The first-order valence-electron chi connectivity index (χ1n) is 4.14. The molecule has 0 radical (unpaired) electrons. The highest BCUT2D eigenvalue weighted by atomic mass is 16.7. The van der Waals surface area contributed by atoms with E-state index in [-0.39, 0.29) is 0 Å². The fourth-order valence-electron chi connectivity index (χ4n) is 0.963. The zero-order valence-corrected chi connectivity index (χ0v) is 8.03. The molecule has 1 rings (SSSR count). The van der Waals surface area contributed by atoms with Gasteiger partial charge in [0.15, 0.2) is 0 Å². The monoisotopic (exact) mass is 193 g/mol. The minimum absolute atomic E-state index is 0.427. The van der Waals surface area contributed by atoms with Gasteiger partial charge in [-0.05, 0) is 19.1 Å². The summed E-state index contributed by atoms with van der Waals surface area (Å²) in [6.07, 6.45) is 0. The van der Waals surface area contributed by atoms with Gasteiger partial charge < -0.3 is 4.84 Å². The van der Waals surface area contributed by atoms with E-state index < -0.39 is 11.9 Å². The first-order chi connectivity index (χ1) is 6.59. The molecule has 4 nitrogen and oxygen atoms in total. The van der Waals surface area contributed by atoms with Crippen LogP contribution in [0.4, 0.5) is 0 Å². The van der Waals surface area contributed by atoms with Crippen molar-refractivity contribution >= 4 is 11.9 Å². The van der Waals surface area contributed by atoms with Crippen LogP contribution in [0.25, 0.3) is 0 Å². The van der Waals surface area contributed by atoms with Gasteiger partial charge in [0, 0.05) is 12.5 Å².